The van der Waals surface area contributed by atoms with Gasteiger partial charge in [-0.25, -0.2) is 0 Å². The maximum absolute atomic E-state index is 9.68. The van der Waals surface area contributed by atoms with Crippen molar-refractivity contribution in [2.75, 3.05) is 13.2 Å². The van der Waals surface area contributed by atoms with Crippen LogP contribution in [0.4, 0.5) is 0 Å². The van der Waals surface area contributed by atoms with Crippen molar-refractivity contribution in [1.82, 2.24) is 0 Å². The molecule has 3 heteroatoms. The Hall–Kier alpha value is -0.540. The average molecular weight is 329 g/mol. The monoisotopic (exact) mass is 328 g/mol. The minimum atomic E-state index is 0.0298. The van der Waals surface area contributed by atoms with E-state index in [-0.39, 0.29) is 12.0 Å². The summed E-state index contributed by atoms with van der Waals surface area (Å²) in [6.45, 7) is 5.26. The van der Waals surface area contributed by atoms with Gasteiger partial charge in [-0.3, -0.25) is 0 Å². The number of aliphatic hydroxyl groups is 1. The van der Waals surface area contributed by atoms with Crippen LogP contribution in [0.2, 0.25) is 0 Å². The van der Waals surface area contributed by atoms with Crippen molar-refractivity contribution in [3.05, 3.63) is 28.7 Å². The highest BCUT2D eigenvalue weighted by Crippen LogP contribution is 2.32. The lowest BCUT2D eigenvalue weighted by Crippen LogP contribution is -2.27. The molecule has 1 aromatic carbocycles. The fourth-order valence-electron chi connectivity index (χ4n) is 2.24. The first kappa shape index (κ1) is 16.5. The molecule has 1 aromatic rings. The lowest BCUT2D eigenvalue weighted by molar-refractivity contribution is 0.0801. The normalized spacial score (nSPS) is 14.1. The van der Waals surface area contributed by atoms with Crippen LogP contribution in [0.5, 0.6) is 5.75 Å². The molecule has 1 atom stereocenters. The highest BCUT2D eigenvalue weighted by atomic mass is 79.9. The molecule has 0 amide bonds. The van der Waals surface area contributed by atoms with Gasteiger partial charge in [0.05, 0.1) is 6.61 Å². The Morgan fingerprint density at radius 3 is 2.63 bits per heavy atom. The van der Waals surface area contributed by atoms with Gasteiger partial charge in [-0.1, -0.05) is 48.7 Å². The minimum absolute atomic E-state index is 0.0298. The molecule has 0 spiro atoms. The van der Waals surface area contributed by atoms with Crippen LogP contribution in [0.3, 0.4) is 0 Å². The van der Waals surface area contributed by atoms with E-state index in [0.29, 0.717) is 6.61 Å². The van der Waals surface area contributed by atoms with E-state index in [1.807, 2.05) is 24.3 Å². The molecular formula is C16H25BrO2. The smallest absolute Gasteiger partial charge is 0.120 e. The first-order valence-electron chi connectivity index (χ1n) is 7.15. The predicted octanol–water partition coefficient (Wildman–Crippen LogP) is 4.80. The summed E-state index contributed by atoms with van der Waals surface area (Å²) in [5.41, 5.74) is 0.0298. The minimum Gasteiger partial charge on any atom is -0.494 e. The van der Waals surface area contributed by atoms with Gasteiger partial charge in [-0.05, 0) is 42.9 Å². The number of ether oxygens (including phenoxy) is 1. The molecule has 0 saturated carbocycles. The average Bonchev–Trinajstić information content (AvgIpc) is 2.43. The van der Waals surface area contributed by atoms with Crippen molar-refractivity contribution >= 4 is 15.9 Å². The summed E-state index contributed by atoms with van der Waals surface area (Å²) in [7, 11) is 0. The first-order valence-corrected chi connectivity index (χ1v) is 7.94. The number of unbranched alkanes of at least 4 members (excludes halogenated alkanes) is 1. The van der Waals surface area contributed by atoms with Gasteiger partial charge in [0.25, 0.3) is 0 Å². The SMILES string of the molecule is CCCCC(CC)(CO)CCOc1cccc(Br)c1. The molecule has 0 heterocycles. The Morgan fingerprint density at radius 1 is 1.26 bits per heavy atom. The molecule has 0 aliphatic heterocycles. The second-order valence-corrected chi connectivity index (χ2v) is 6.09. The molecule has 1 unspecified atom stereocenters. The third-order valence-electron chi connectivity index (χ3n) is 3.84. The fraction of sp³-hybridized carbons (Fsp3) is 0.625. The van der Waals surface area contributed by atoms with Crippen LogP contribution in [0.15, 0.2) is 28.7 Å². The number of benzene rings is 1. The van der Waals surface area contributed by atoms with Crippen LogP contribution in [0.25, 0.3) is 0 Å². The summed E-state index contributed by atoms with van der Waals surface area (Å²) in [4.78, 5) is 0. The van der Waals surface area contributed by atoms with Crippen molar-refractivity contribution in [1.29, 1.82) is 0 Å². The van der Waals surface area contributed by atoms with Gasteiger partial charge in [0.1, 0.15) is 5.75 Å². The molecule has 0 aliphatic carbocycles. The number of hydrogen-bond acceptors (Lipinski definition) is 2. The Morgan fingerprint density at radius 2 is 2.05 bits per heavy atom. The number of aliphatic hydroxyl groups excluding tert-OH is 1. The Bertz CT molecular complexity index is 362. The molecular weight excluding hydrogens is 304 g/mol. The van der Waals surface area contributed by atoms with Gasteiger partial charge in [-0.15, -0.1) is 0 Å². The van der Waals surface area contributed by atoms with E-state index in [0.717, 1.165) is 29.5 Å². The number of hydrogen-bond donors (Lipinski definition) is 1. The summed E-state index contributed by atoms with van der Waals surface area (Å²) < 4.78 is 6.81. The first-order chi connectivity index (χ1) is 9.15. The highest BCUT2D eigenvalue weighted by Gasteiger charge is 2.26. The molecule has 1 N–H and O–H groups in total. The van der Waals surface area contributed by atoms with Crippen molar-refractivity contribution in [3.63, 3.8) is 0 Å². The third kappa shape index (κ3) is 5.53. The standard InChI is InChI=1S/C16H25BrO2/c1-3-5-9-16(4-2,13-18)10-11-19-15-8-6-7-14(17)12-15/h6-8,12,18H,3-5,9-11,13H2,1-2H3. The molecule has 0 radical (unpaired) electrons. The van der Waals surface area contributed by atoms with Crippen LogP contribution in [0.1, 0.15) is 46.0 Å². The van der Waals surface area contributed by atoms with E-state index in [2.05, 4.69) is 29.8 Å². The summed E-state index contributed by atoms with van der Waals surface area (Å²) in [5, 5.41) is 9.68. The number of halogens is 1. The van der Waals surface area contributed by atoms with E-state index in [4.69, 9.17) is 4.74 Å². The summed E-state index contributed by atoms with van der Waals surface area (Å²) in [6, 6.07) is 7.88. The van der Waals surface area contributed by atoms with Crippen molar-refractivity contribution < 1.29 is 9.84 Å². The van der Waals surface area contributed by atoms with Crippen LogP contribution in [-0.4, -0.2) is 18.3 Å². The lowest BCUT2D eigenvalue weighted by Gasteiger charge is -2.30. The van der Waals surface area contributed by atoms with Gasteiger partial charge < -0.3 is 9.84 Å². The highest BCUT2D eigenvalue weighted by molar-refractivity contribution is 9.10. The van der Waals surface area contributed by atoms with E-state index in [1.54, 1.807) is 0 Å². The maximum Gasteiger partial charge on any atom is 0.120 e. The predicted molar refractivity (Wildman–Crippen MR) is 83.6 cm³/mol. The Kier molecular flexibility index (Phi) is 7.47. The molecule has 0 bridgehead atoms. The lowest BCUT2D eigenvalue weighted by atomic mass is 9.78. The van der Waals surface area contributed by atoms with Crippen LogP contribution >= 0.6 is 15.9 Å². The third-order valence-corrected chi connectivity index (χ3v) is 4.34. The summed E-state index contributed by atoms with van der Waals surface area (Å²) in [5.74, 6) is 0.882. The molecule has 0 aromatic heterocycles. The van der Waals surface area contributed by atoms with Crippen molar-refractivity contribution in [2.24, 2.45) is 5.41 Å². The Balaban J connectivity index is 2.47. The van der Waals surface area contributed by atoms with Crippen LogP contribution in [-0.2, 0) is 0 Å². The van der Waals surface area contributed by atoms with E-state index in [1.165, 1.54) is 12.8 Å². The second kappa shape index (κ2) is 8.60. The van der Waals surface area contributed by atoms with Crippen molar-refractivity contribution in [2.45, 2.75) is 46.0 Å². The molecule has 0 saturated heterocycles. The van der Waals surface area contributed by atoms with Gasteiger partial charge >= 0.3 is 0 Å². The van der Waals surface area contributed by atoms with Crippen LogP contribution < -0.4 is 4.74 Å². The molecule has 0 fully saturated rings. The van der Waals surface area contributed by atoms with Gasteiger partial charge in [0.2, 0.25) is 0 Å². The summed E-state index contributed by atoms with van der Waals surface area (Å²) >= 11 is 3.44. The zero-order valence-electron chi connectivity index (χ0n) is 12.0. The zero-order valence-corrected chi connectivity index (χ0v) is 13.6. The molecule has 2 nitrogen and oxygen atoms in total. The van der Waals surface area contributed by atoms with Gasteiger partial charge in [-0.2, -0.15) is 0 Å². The molecule has 19 heavy (non-hydrogen) atoms. The van der Waals surface area contributed by atoms with Gasteiger partial charge in [0.15, 0.2) is 0 Å². The van der Waals surface area contributed by atoms with Crippen LogP contribution in [0, 0.1) is 5.41 Å². The van der Waals surface area contributed by atoms with Crippen molar-refractivity contribution in [3.8, 4) is 5.75 Å². The maximum atomic E-state index is 9.68. The molecule has 108 valence electrons. The fourth-order valence-corrected chi connectivity index (χ4v) is 2.62. The Labute approximate surface area is 125 Å². The van der Waals surface area contributed by atoms with E-state index >= 15 is 0 Å². The molecule has 1 rings (SSSR count). The van der Waals surface area contributed by atoms with E-state index < -0.39 is 0 Å². The van der Waals surface area contributed by atoms with E-state index in [9.17, 15) is 5.11 Å². The number of rotatable bonds is 9. The second-order valence-electron chi connectivity index (χ2n) is 5.17. The quantitative estimate of drug-likeness (QED) is 0.705. The molecule has 0 aliphatic rings. The zero-order chi connectivity index (χ0) is 14.1. The van der Waals surface area contributed by atoms with Gasteiger partial charge in [0, 0.05) is 11.1 Å². The topological polar surface area (TPSA) is 29.5 Å². The largest absolute Gasteiger partial charge is 0.494 e. The summed E-state index contributed by atoms with van der Waals surface area (Å²) in [6.07, 6.45) is 5.34.